The topological polar surface area (TPSA) is 44.1 Å². The molecule has 0 aliphatic carbocycles. The summed E-state index contributed by atoms with van der Waals surface area (Å²) in [6, 6.07) is 17.6. The highest BCUT2D eigenvalue weighted by molar-refractivity contribution is 5.87. The van der Waals surface area contributed by atoms with Gasteiger partial charge >= 0.3 is 5.97 Å². The zero-order valence-corrected chi connectivity index (χ0v) is 13.0. The zero-order valence-electron chi connectivity index (χ0n) is 13.0. The van der Waals surface area contributed by atoms with Gasteiger partial charge in [0.05, 0.1) is 17.6 Å². The number of benzene rings is 2. The van der Waals surface area contributed by atoms with Gasteiger partial charge in [0.15, 0.2) is 0 Å². The fourth-order valence-electron chi connectivity index (χ4n) is 2.49. The summed E-state index contributed by atoms with van der Waals surface area (Å²) in [6.45, 7) is 2.87. The Balaban J connectivity index is 1.57. The standard InChI is InChI=1S/C19H18N2O2/c1-15-20-17-9-5-6-10-18(17)21(15)13-14-23-19(22)12-11-16-7-3-2-4-8-16/h2-12H,13-14H2,1H3/b12-11+. The van der Waals surface area contributed by atoms with Crippen LogP contribution in [0.5, 0.6) is 0 Å². The van der Waals surface area contributed by atoms with E-state index in [-0.39, 0.29) is 5.97 Å². The summed E-state index contributed by atoms with van der Waals surface area (Å²) in [5.74, 6) is 0.581. The van der Waals surface area contributed by atoms with Gasteiger partial charge in [0.1, 0.15) is 12.4 Å². The lowest BCUT2D eigenvalue weighted by Crippen LogP contribution is -2.10. The van der Waals surface area contributed by atoms with Crippen molar-refractivity contribution in [2.45, 2.75) is 13.5 Å². The first-order chi connectivity index (χ1) is 11.2. The van der Waals surface area contributed by atoms with Crippen LogP contribution in [-0.2, 0) is 16.1 Å². The molecule has 0 radical (unpaired) electrons. The number of hydrogen-bond acceptors (Lipinski definition) is 3. The molecule has 0 unspecified atom stereocenters. The Hall–Kier alpha value is -2.88. The first-order valence-corrected chi connectivity index (χ1v) is 7.56. The highest BCUT2D eigenvalue weighted by Crippen LogP contribution is 2.15. The van der Waals surface area contributed by atoms with Crippen molar-refractivity contribution < 1.29 is 9.53 Å². The number of esters is 1. The molecule has 3 aromatic rings. The maximum absolute atomic E-state index is 11.8. The third kappa shape index (κ3) is 3.66. The molecule has 23 heavy (non-hydrogen) atoms. The molecule has 0 bridgehead atoms. The third-order valence-corrected chi connectivity index (χ3v) is 3.62. The summed E-state index contributed by atoms with van der Waals surface area (Å²) >= 11 is 0. The summed E-state index contributed by atoms with van der Waals surface area (Å²) in [6.07, 6.45) is 3.20. The van der Waals surface area contributed by atoms with Crippen molar-refractivity contribution in [3.05, 3.63) is 72.1 Å². The van der Waals surface area contributed by atoms with Gasteiger partial charge in [0.2, 0.25) is 0 Å². The van der Waals surface area contributed by atoms with Crippen LogP contribution >= 0.6 is 0 Å². The molecule has 0 aliphatic heterocycles. The van der Waals surface area contributed by atoms with Crippen molar-refractivity contribution in [3.63, 3.8) is 0 Å². The van der Waals surface area contributed by atoms with Crippen LogP contribution in [0.3, 0.4) is 0 Å². The van der Waals surface area contributed by atoms with E-state index in [0.29, 0.717) is 13.2 Å². The van der Waals surface area contributed by atoms with Crippen molar-refractivity contribution in [2.75, 3.05) is 6.61 Å². The van der Waals surface area contributed by atoms with Gasteiger partial charge in [0.25, 0.3) is 0 Å². The fraction of sp³-hybridized carbons (Fsp3) is 0.158. The van der Waals surface area contributed by atoms with E-state index in [4.69, 9.17) is 4.74 Å². The third-order valence-electron chi connectivity index (χ3n) is 3.62. The molecule has 3 rings (SSSR count). The molecule has 0 amide bonds. The minimum Gasteiger partial charge on any atom is -0.461 e. The van der Waals surface area contributed by atoms with Gasteiger partial charge in [-0.15, -0.1) is 0 Å². The van der Waals surface area contributed by atoms with E-state index in [1.54, 1.807) is 6.08 Å². The molecule has 0 fully saturated rings. The Morgan fingerprint density at radius 2 is 1.87 bits per heavy atom. The monoisotopic (exact) mass is 306 g/mol. The molecular weight excluding hydrogens is 288 g/mol. The number of aryl methyl sites for hydroxylation is 1. The van der Waals surface area contributed by atoms with Crippen molar-refractivity contribution in [2.24, 2.45) is 0 Å². The Labute approximate surface area is 135 Å². The number of nitrogens with zero attached hydrogens (tertiary/aromatic N) is 2. The molecule has 4 nitrogen and oxygen atoms in total. The average molecular weight is 306 g/mol. The minimum atomic E-state index is -0.337. The minimum absolute atomic E-state index is 0.319. The van der Waals surface area contributed by atoms with Gasteiger partial charge in [-0.3, -0.25) is 0 Å². The van der Waals surface area contributed by atoms with Crippen molar-refractivity contribution in [1.29, 1.82) is 0 Å². The number of ether oxygens (including phenoxy) is 1. The van der Waals surface area contributed by atoms with Crippen molar-refractivity contribution >= 4 is 23.1 Å². The smallest absolute Gasteiger partial charge is 0.330 e. The Bertz CT molecular complexity index is 835. The van der Waals surface area contributed by atoms with Gasteiger partial charge < -0.3 is 9.30 Å². The second kappa shape index (κ2) is 6.92. The van der Waals surface area contributed by atoms with E-state index in [0.717, 1.165) is 22.4 Å². The molecule has 4 heteroatoms. The molecular formula is C19H18N2O2. The van der Waals surface area contributed by atoms with E-state index in [1.807, 2.05) is 61.5 Å². The van der Waals surface area contributed by atoms with Crippen LogP contribution in [0.25, 0.3) is 17.1 Å². The lowest BCUT2D eigenvalue weighted by molar-refractivity contribution is -0.137. The molecule has 2 aromatic carbocycles. The number of carbonyl (C=O) groups is 1. The molecule has 0 saturated carbocycles. The number of aromatic nitrogens is 2. The first kappa shape index (κ1) is 15.0. The van der Waals surface area contributed by atoms with Crippen LogP contribution in [0.4, 0.5) is 0 Å². The molecule has 0 atom stereocenters. The van der Waals surface area contributed by atoms with Crippen LogP contribution in [0.1, 0.15) is 11.4 Å². The lowest BCUT2D eigenvalue weighted by Gasteiger charge is -2.07. The summed E-state index contributed by atoms with van der Waals surface area (Å²) in [7, 11) is 0. The largest absolute Gasteiger partial charge is 0.461 e. The zero-order chi connectivity index (χ0) is 16.1. The normalized spacial score (nSPS) is 11.2. The number of carbonyl (C=O) groups excluding carboxylic acids is 1. The summed E-state index contributed by atoms with van der Waals surface area (Å²) in [5, 5.41) is 0. The van der Waals surface area contributed by atoms with Gasteiger partial charge in [-0.05, 0) is 30.7 Å². The van der Waals surface area contributed by atoms with Gasteiger partial charge in [-0.1, -0.05) is 42.5 Å². The van der Waals surface area contributed by atoms with E-state index in [9.17, 15) is 4.79 Å². The second-order valence-electron chi connectivity index (χ2n) is 5.21. The first-order valence-electron chi connectivity index (χ1n) is 7.56. The van der Waals surface area contributed by atoms with Gasteiger partial charge in [-0.2, -0.15) is 0 Å². The summed E-state index contributed by atoms with van der Waals surface area (Å²) in [4.78, 5) is 16.3. The molecule has 116 valence electrons. The van der Waals surface area contributed by atoms with E-state index < -0.39 is 0 Å². The van der Waals surface area contributed by atoms with E-state index in [2.05, 4.69) is 9.55 Å². The predicted molar refractivity (Wildman–Crippen MR) is 90.9 cm³/mol. The van der Waals surface area contributed by atoms with Gasteiger partial charge in [-0.25, -0.2) is 9.78 Å². The maximum Gasteiger partial charge on any atom is 0.330 e. The van der Waals surface area contributed by atoms with Gasteiger partial charge in [0, 0.05) is 6.08 Å². The highest BCUT2D eigenvalue weighted by atomic mass is 16.5. The number of fused-ring (bicyclic) bond motifs is 1. The predicted octanol–water partition coefficient (Wildman–Crippen LogP) is 3.60. The molecule has 0 saturated heterocycles. The van der Waals surface area contributed by atoms with Crippen molar-refractivity contribution in [1.82, 2.24) is 9.55 Å². The SMILES string of the molecule is Cc1nc2ccccc2n1CCOC(=O)/C=C/c1ccccc1. The summed E-state index contributed by atoms with van der Waals surface area (Å²) in [5.41, 5.74) is 2.99. The average Bonchev–Trinajstić information content (AvgIpc) is 2.90. The number of hydrogen-bond donors (Lipinski definition) is 0. The molecule has 0 N–H and O–H groups in total. The Morgan fingerprint density at radius 1 is 1.13 bits per heavy atom. The second-order valence-corrected chi connectivity index (χ2v) is 5.21. The van der Waals surface area contributed by atoms with E-state index in [1.165, 1.54) is 6.08 Å². The molecule has 0 spiro atoms. The number of rotatable bonds is 5. The molecule has 1 heterocycles. The summed E-state index contributed by atoms with van der Waals surface area (Å²) < 4.78 is 7.33. The molecule has 0 aliphatic rings. The van der Waals surface area contributed by atoms with Crippen LogP contribution in [0.15, 0.2) is 60.7 Å². The maximum atomic E-state index is 11.8. The van der Waals surface area contributed by atoms with Crippen LogP contribution in [-0.4, -0.2) is 22.1 Å². The quantitative estimate of drug-likeness (QED) is 0.534. The Morgan fingerprint density at radius 3 is 2.70 bits per heavy atom. The van der Waals surface area contributed by atoms with E-state index >= 15 is 0 Å². The van der Waals surface area contributed by atoms with Crippen LogP contribution in [0, 0.1) is 6.92 Å². The number of para-hydroxylation sites is 2. The fourth-order valence-corrected chi connectivity index (χ4v) is 2.49. The Kier molecular flexibility index (Phi) is 4.52. The van der Waals surface area contributed by atoms with Crippen molar-refractivity contribution in [3.8, 4) is 0 Å². The highest BCUT2D eigenvalue weighted by Gasteiger charge is 2.06. The van der Waals surface area contributed by atoms with Crippen LogP contribution in [0.2, 0.25) is 0 Å². The number of imidazole rings is 1. The van der Waals surface area contributed by atoms with Crippen LogP contribution < -0.4 is 0 Å². The lowest BCUT2D eigenvalue weighted by atomic mass is 10.2. The molecule has 1 aromatic heterocycles.